The molecule has 0 heterocycles. The normalized spacial score (nSPS) is 16.8. The van der Waals surface area contributed by atoms with Crippen LogP contribution in [0.2, 0.25) is 0 Å². The summed E-state index contributed by atoms with van der Waals surface area (Å²) in [5.41, 5.74) is 7.03. The zero-order valence-electron chi connectivity index (χ0n) is 11.7. The molecule has 0 aromatic heterocycles. The summed E-state index contributed by atoms with van der Waals surface area (Å²) >= 11 is 0. The van der Waals surface area contributed by atoms with Crippen LogP contribution in [0.1, 0.15) is 25.3 Å². The molecule has 0 aliphatic heterocycles. The Morgan fingerprint density at radius 3 is 2.79 bits per heavy atom. The third-order valence-corrected chi connectivity index (χ3v) is 3.98. The summed E-state index contributed by atoms with van der Waals surface area (Å²) in [7, 11) is 1.69. The van der Waals surface area contributed by atoms with Crippen LogP contribution in [0.15, 0.2) is 18.2 Å². The molecule has 1 aliphatic carbocycles. The number of nitrogens with two attached hydrogens (primary N) is 1. The highest BCUT2D eigenvalue weighted by Gasteiger charge is 2.32. The molecule has 2 N–H and O–H groups in total. The molecule has 0 radical (unpaired) electrons. The first-order chi connectivity index (χ1) is 9.13. The topological polar surface area (TPSA) is 38.5 Å². The first kappa shape index (κ1) is 14.3. The highest BCUT2D eigenvalue weighted by atomic mass is 19.1. The summed E-state index contributed by atoms with van der Waals surface area (Å²) in [4.78, 5) is 2.27. The summed E-state index contributed by atoms with van der Waals surface area (Å²) in [6.07, 6.45) is 2.55. The molecule has 3 nitrogen and oxygen atoms in total. The number of hydrogen-bond acceptors (Lipinski definition) is 3. The molecule has 1 aromatic rings. The van der Waals surface area contributed by atoms with Gasteiger partial charge in [0.15, 0.2) is 0 Å². The summed E-state index contributed by atoms with van der Waals surface area (Å²) in [6, 6.07) is 5.34. The number of halogens is 1. The predicted molar refractivity (Wildman–Crippen MR) is 75.3 cm³/mol. The lowest BCUT2D eigenvalue weighted by molar-refractivity contribution is 0.111. The quantitative estimate of drug-likeness (QED) is 0.771. The summed E-state index contributed by atoms with van der Waals surface area (Å²) in [6.45, 7) is 4.23. The van der Waals surface area contributed by atoms with Crippen LogP contribution in [-0.2, 0) is 11.3 Å². The van der Waals surface area contributed by atoms with Gasteiger partial charge >= 0.3 is 0 Å². The molecule has 4 heteroatoms. The zero-order valence-corrected chi connectivity index (χ0v) is 11.7. The van der Waals surface area contributed by atoms with Gasteiger partial charge < -0.3 is 10.5 Å². The van der Waals surface area contributed by atoms with Crippen molar-refractivity contribution in [2.24, 2.45) is 5.92 Å². The van der Waals surface area contributed by atoms with E-state index in [0.717, 1.165) is 12.5 Å². The molecule has 1 aromatic carbocycles. The average Bonchev–Trinajstić information content (AvgIpc) is 3.21. The molecule has 0 amide bonds. The third kappa shape index (κ3) is 3.67. The Labute approximate surface area is 114 Å². The van der Waals surface area contributed by atoms with Crippen molar-refractivity contribution in [1.82, 2.24) is 4.90 Å². The highest BCUT2D eigenvalue weighted by Crippen LogP contribution is 2.36. The van der Waals surface area contributed by atoms with Gasteiger partial charge in [0.25, 0.3) is 0 Å². The van der Waals surface area contributed by atoms with Gasteiger partial charge in [-0.2, -0.15) is 0 Å². The Morgan fingerprint density at radius 2 is 2.21 bits per heavy atom. The van der Waals surface area contributed by atoms with E-state index in [9.17, 15) is 4.39 Å². The maximum absolute atomic E-state index is 13.9. The van der Waals surface area contributed by atoms with Crippen molar-refractivity contribution in [3.05, 3.63) is 29.6 Å². The molecule has 1 saturated carbocycles. The fourth-order valence-corrected chi connectivity index (χ4v) is 2.46. The minimum Gasteiger partial charge on any atom is -0.398 e. The second kappa shape index (κ2) is 6.35. The average molecular weight is 266 g/mol. The van der Waals surface area contributed by atoms with E-state index in [1.807, 2.05) is 0 Å². The Balaban J connectivity index is 2.09. The van der Waals surface area contributed by atoms with Crippen LogP contribution in [0.25, 0.3) is 0 Å². The van der Waals surface area contributed by atoms with Crippen molar-refractivity contribution in [3.63, 3.8) is 0 Å². The van der Waals surface area contributed by atoms with E-state index in [1.54, 1.807) is 19.2 Å². The van der Waals surface area contributed by atoms with E-state index in [1.165, 1.54) is 18.9 Å². The van der Waals surface area contributed by atoms with Crippen LogP contribution in [-0.4, -0.2) is 31.2 Å². The SMILES string of the molecule is COCCN(Cc1c(N)cccc1F)C(C)C1CC1. The van der Waals surface area contributed by atoms with Crippen LogP contribution in [0, 0.1) is 11.7 Å². The number of nitrogens with zero attached hydrogens (tertiary/aromatic N) is 1. The van der Waals surface area contributed by atoms with E-state index in [2.05, 4.69) is 11.8 Å². The number of benzene rings is 1. The standard InChI is InChI=1S/C15H23FN2O/c1-11(12-6-7-12)18(8-9-19-2)10-13-14(16)4-3-5-15(13)17/h3-5,11-12H,6-10,17H2,1-2H3. The fourth-order valence-electron chi connectivity index (χ4n) is 2.46. The van der Waals surface area contributed by atoms with E-state index >= 15 is 0 Å². The number of anilines is 1. The lowest BCUT2D eigenvalue weighted by Gasteiger charge is -2.29. The van der Waals surface area contributed by atoms with Gasteiger partial charge in [0, 0.05) is 37.5 Å². The molecule has 0 saturated heterocycles. The minimum absolute atomic E-state index is 0.217. The van der Waals surface area contributed by atoms with Crippen molar-refractivity contribution in [2.75, 3.05) is 26.0 Å². The van der Waals surface area contributed by atoms with Crippen LogP contribution >= 0.6 is 0 Å². The Bertz CT molecular complexity index is 400. The molecule has 0 spiro atoms. The van der Waals surface area contributed by atoms with Crippen molar-refractivity contribution in [3.8, 4) is 0 Å². The number of rotatable bonds is 7. The molecule has 19 heavy (non-hydrogen) atoms. The predicted octanol–water partition coefficient (Wildman–Crippen LogP) is 2.65. The Kier molecular flexibility index (Phi) is 4.77. The van der Waals surface area contributed by atoms with Crippen molar-refractivity contribution < 1.29 is 9.13 Å². The van der Waals surface area contributed by atoms with E-state index in [4.69, 9.17) is 10.5 Å². The summed E-state index contributed by atoms with van der Waals surface area (Å²) in [5, 5.41) is 0. The van der Waals surface area contributed by atoms with Gasteiger partial charge in [-0.05, 0) is 37.8 Å². The lowest BCUT2D eigenvalue weighted by Crippen LogP contribution is -2.37. The maximum atomic E-state index is 13.9. The molecule has 2 rings (SSSR count). The largest absolute Gasteiger partial charge is 0.398 e. The van der Waals surface area contributed by atoms with Crippen molar-refractivity contribution in [2.45, 2.75) is 32.4 Å². The number of ether oxygens (including phenoxy) is 1. The maximum Gasteiger partial charge on any atom is 0.129 e. The minimum atomic E-state index is -0.217. The molecular weight excluding hydrogens is 243 g/mol. The molecule has 1 aliphatic rings. The van der Waals surface area contributed by atoms with Gasteiger partial charge in [0.05, 0.1) is 6.61 Å². The Hall–Kier alpha value is -1.13. The van der Waals surface area contributed by atoms with Gasteiger partial charge in [-0.25, -0.2) is 4.39 Å². The van der Waals surface area contributed by atoms with Crippen molar-refractivity contribution in [1.29, 1.82) is 0 Å². The van der Waals surface area contributed by atoms with Crippen LogP contribution in [0.3, 0.4) is 0 Å². The van der Waals surface area contributed by atoms with E-state index in [-0.39, 0.29) is 5.82 Å². The summed E-state index contributed by atoms with van der Waals surface area (Å²) in [5.74, 6) is 0.523. The third-order valence-electron chi connectivity index (χ3n) is 3.98. The molecule has 1 fully saturated rings. The molecule has 0 bridgehead atoms. The van der Waals surface area contributed by atoms with Gasteiger partial charge in [0.2, 0.25) is 0 Å². The first-order valence-corrected chi connectivity index (χ1v) is 6.89. The highest BCUT2D eigenvalue weighted by molar-refractivity contribution is 5.47. The molecule has 106 valence electrons. The number of methoxy groups -OCH3 is 1. The van der Waals surface area contributed by atoms with Crippen LogP contribution in [0.5, 0.6) is 0 Å². The van der Waals surface area contributed by atoms with Gasteiger partial charge in [-0.15, -0.1) is 0 Å². The fraction of sp³-hybridized carbons (Fsp3) is 0.600. The lowest BCUT2D eigenvalue weighted by atomic mass is 10.1. The number of nitrogen functional groups attached to an aromatic ring is 1. The molecule has 1 atom stereocenters. The second-order valence-electron chi connectivity index (χ2n) is 5.35. The van der Waals surface area contributed by atoms with Crippen molar-refractivity contribution >= 4 is 5.69 Å². The van der Waals surface area contributed by atoms with E-state index in [0.29, 0.717) is 30.4 Å². The van der Waals surface area contributed by atoms with Gasteiger partial charge in [0.1, 0.15) is 5.82 Å². The van der Waals surface area contributed by atoms with E-state index < -0.39 is 0 Å². The first-order valence-electron chi connectivity index (χ1n) is 6.89. The van der Waals surface area contributed by atoms with Gasteiger partial charge in [-0.3, -0.25) is 4.90 Å². The zero-order chi connectivity index (χ0) is 13.8. The number of hydrogen-bond donors (Lipinski definition) is 1. The summed E-state index contributed by atoms with van der Waals surface area (Å²) < 4.78 is 19.0. The van der Waals surface area contributed by atoms with Crippen LogP contribution in [0.4, 0.5) is 10.1 Å². The van der Waals surface area contributed by atoms with Gasteiger partial charge in [-0.1, -0.05) is 6.07 Å². The Morgan fingerprint density at radius 1 is 1.47 bits per heavy atom. The monoisotopic (exact) mass is 266 g/mol. The second-order valence-corrected chi connectivity index (χ2v) is 5.35. The molecule has 1 unspecified atom stereocenters. The van der Waals surface area contributed by atoms with Crippen LogP contribution < -0.4 is 5.73 Å². The smallest absolute Gasteiger partial charge is 0.129 e. The molecular formula is C15H23FN2O.